The van der Waals surface area contributed by atoms with Crippen LogP contribution in [-0.2, 0) is 4.79 Å². The Balaban J connectivity index is 2.60. The highest BCUT2D eigenvalue weighted by Gasteiger charge is 2.30. The van der Waals surface area contributed by atoms with Crippen LogP contribution < -0.4 is 0 Å². The molecule has 4 heteroatoms. The number of rotatable bonds is 22. The van der Waals surface area contributed by atoms with Crippen LogP contribution >= 0.6 is 0 Å². The van der Waals surface area contributed by atoms with Crippen molar-refractivity contribution in [3.63, 3.8) is 0 Å². The second kappa shape index (κ2) is 20.1. The summed E-state index contributed by atoms with van der Waals surface area (Å²) in [6.07, 6.45) is 24.7. The molecule has 1 aliphatic rings. The largest absolute Gasteiger partial charge is 0.481 e. The predicted octanol–water partition coefficient (Wildman–Crippen LogP) is 8.12. The molecule has 3 atom stereocenters. The maximum absolute atomic E-state index is 10.8. The summed E-state index contributed by atoms with van der Waals surface area (Å²) >= 11 is 0. The van der Waals surface area contributed by atoms with E-state index in [4.69, 9.17) is 5.11 Å². The van der Waals surface area contributed by atoms with Gasteiger partial charge in [-0.3, -0.25) is 4.79 Å². The number of hydrogen-bond donors (Lipinski definition) is 3. The lowest BCUT2D eigenvalue weighted by Gasteiger charge is -2.16. The van der Waals surface area contributed by atoms with Crippen LogP contribution in [0, 0.1) is 5.92 Å². The minimum Gasteiger partial charge on any atom is -0.481 e. The van der Waals surface area contributed by atoms with Crippen LogP contribution in [0.15, 0.2) is 23.3 Å². The Morgan fingerprint density at radius 2 is 1.41 bits per heavy atom. The van der Waals surface area contributed by atoms with Gasteiger partial charge in [0.15, 0.2) is 0 Å². The van der Waals surface area contributed by atoms with E-state index in [-0.39, 0.29) is 18.4 Å². The second-order valence-corrected chi connectivity index (χ2v) is 10.4. The van der Waals surface area contributed by atoms with Gasteiger partial charge in [-0.25, -0.2) is 0 Å². The monoisotopic (exact) mass is 478 g/mol. The molecule has 1 rings (SSSR count). The molecule has 0 aliphatic heterocycles. The molecule has 1 aliphatic carbocycles. The molecule has 4 nitrogen and oxygen atoms in total. The molecule has 0 unspecified atom stereocenters. The molecule has 0 radical (unpaired) electrons. The summed E-state index contributed by atoms with van der Waals surface area (Å²) in [5.74, 6) is -0.680. The van der Waals surface area contributed by atoms with Crippen molar-refractivity contribution in [2.24, 2.45) is 5.92 Å². The number of unbranched alkanes of at least 4 members (excludes halogenated alkanes) is 12. The van der Waals surface area contributed by atoms with Gasteiger partial charge in [-0.1, -0.05) is 114 Å². The molecule has 0 amide bonds. The average Bonchev–Trinajstić information content (AvgIpc) is 3.10. The first-order chi connectivity index (χ1) is 16.5. The van der Waals surface area contributed by atoms with Gasteiger partial charge in [0.05, 0.1) is 12.2 Å². The van der Waals surface area contributed by atoms with Gasteiger partial charge in [-0.05, 0) is 44.9 Å². The lowest BCUT2D eigenvalue weighted by atomic mass is 9.91. The molecule has 0 spiro atoms. The summed E-state index contributed by atoms with van der Waals surface area (Å²) in [5, 5.41) is 30.0. The summed E-state index contributed by atoms with van der Waals surface area (Å²) in [6, 6.07) is 0. The molecule has 0 aromatic carbocycles. The van der Waals surface area contributed by atoms with E-state index < -0.39 is 12.1 Å². The van der Waals surface area contributed by atoms with Gasteiger partial charge in [0, 0.05) is 12.3 Å². The maximum atomic E-state index is 10.8. The van der Waals surface area contributed by atoms with Crippen molar-refractivity contribution in [2.45, 2.75) is 154 Å². The van der Waals surface area contributed by atoms with Gasteiger partial charge in [0.2, 0.25) is 0 Å². The SMILES string of the molecule is CCCCCCCCCCC1=C(CCCCCCC(=O)O)[C@@H](/C=C/[C@@H](O)CCCCC)[C@H](O)C1. The molecule has 34 heavy (non-hydrogen) atoms. The Labute approximate surface area is 209 Å². The van der Waals surface area contributed by atoms with Crippen molar-refractivity contribution in [2.75, 3.05) is 0 Å². The fourth-order valence-electron chi connectivity index (χ4n) is 5.19. The fraction of sp³-hybridized carbons (Fsp3) is 0.833. The van der Waals surface area contributed by atoms with E-state index in [1.807, 2.05) is 6.08 Å². The lowest BCUT2D eigenvalue weighted by Crippen LogP contribution is -2.15. The first-order valence-corrected chi connectivity index (χ1v) is 14.5. The fourth-order valence-corrected chi connectivity index (χ4v) is 5.19. The van der Waals surface area contributed by atoms with Crippen LogP contribution in [0.5, 0.6) is 0 Å². The van der Waals surface area contributed by atoms with Crippen molar-refractivity contribution in [3.8, 4) is 0 Å². The summed E-state index contributed by atoms with van der Waals surface area (Å²) in [7, 11) is 0. The molecule has 0 saturated carbocycles. The van der Waals surface area contributed by atoms with Crippen molar-refractivity contribution in [1.29, 1.82) is 0 Å². The molecule has 3 N–H and O–H groups in total. The van der Waals surface area contributed by atoms with Gasteiger partial charge in [0.1, 0.15) is 0 Å². The third kappa shape index (κ3) is 14.3. The highest BCUT2D eigenvalue weighted by molar-refractivity contribution is 5.66. The first-order valence-electron chi connectivity index (χ1n) is 14.5. The predicted molar refractivity (Wildman–Crippen MR) is 143 cm³/mol. The highest BCUT2D eigenvalue weighted by Crippen LogP contribution is 2.39. The highest BCUT2D eigenvalue weighted by atomic mass is 16.4. The quantitative estimate of drug-likeness (QED) is 0.108. The Kier molecular flexibility index (Phi) is 18.3. The summed E-state index contributed by atoms with van der Waals surface area (Å²) in [6.45, 7) is 4.43. The normalized spacial score (nSPS) is 19.4. The standard InChI is InChI=1S/C30H54O4/c1-3-5-7-8-9-10-11-15-18-25-24-29(32)28(23-22-26(31)19-14-6-4-2)27(25)20-16-12-13-17-21-30(33)34/h22-23,26,28-29,31-32H,3-21,24H2,1-2H3,(H,33,34)/b23-22+/t26-,28+,29+/m0/s1. The summed E-state index contributed by atoms with van der Waals surface area (Å²) in [5.41, 5.74) is 2.84. The van der Waals surface area contributed by atoms with E-state index in [1.165, 1.54) is 62.5 Å². The molecular weight excluding hydrogens is 424 g/mol. The number of carboxylic acids is 1. The third-order valence-electron chi connectivity index (χ3n) is 7.29. The molecule has 198 valence electrons. The zero-order valence-corrected chi connectivity index (χ0v) is 22.3. The first kappa shape index (κ1) is 30.9. The molecular formula is C30H54O4. The number of aliphatic carboxylic acids is 1. The van der Waals surface area contributed by atoms with Crippen molar-refractivity contribution >= 4 is 5.97 Å². The number of aliphatic hydroxyl groups excluding tert-OH is 2. The Morgan fingerprint density at radius 1 is 0.853 bits per heavy atom. The minimum absolute atomic E-state index is 0.0314. The van der Waals surface area contributed by atoms with Crippen LogP contribution in [0.2, 0.25) is 0 Å². The Morgan fingerprint density at radius 3 is 2.06 bits per heavy atom. The number of hydrogen-bond acceptors (Lipinski definition) is 3. The molecule has 0 aromatic heterocycles. The zero-order valence-electron chi connectivity index (χ0n) is 22.3. The topological polar surface area (TPSA) is 77.8 Å². The van der Waals surface area contributed by atoms with Crippen molar-refractivity contribution in [1.82, 2.24) is 0 Å². The smallest absolute Gasteiger partial charge is 0.303 e. The molecule has 0 bridgehead atoms. The van der Waals surface area contributed by atoms with Gasteiger partial charge >= 0.3 is 5.97 Å². The molecule has 0 fully saturated rings. The van der Waals surface area contributed by atoms with Crippen LogP contribution in [0.25, 0.3) is 0 Å². The second-order valence-electron chi connectivity index (χ2n) is 10.4. The van der Waals surface area contributed by atoms with Crippen LogP contribution in [0.4, 0.5) is 0 Å². The summed E-state index contributed by atoms with van der Waals surface area (Å²) < 4.78 is 0. The number of aliphatic hydroxyl groups is 2. The number of carboxylic acid groups (broad SMARTS) is 1. The van der Waals surface area contributed by atoms with E-state index in [9.17, 15) is 15.0 Å². The Hall–Kier alpha value is -1.13. The summed E-state index contributed by atoms with van der Waals surface area (Å²) in [4.78, 5) is 10.7. The average molecular weight is 479 g/mol. The van der Waals surface area contributed by atoms with E-state index in [0.29, 0.717) is 0 Å². The van der Waals surface area contributed by atoms with Crippen LogP contribution in [0.1, 0.15) is 142 Å². The van der Waals surface area contributed by atoms with Crippen molar-refractivity contribution in [3.05, 3.63) is 23.3 Å². The number of carbonyl (C=O) groups is 1. The minimum atomic E-state index is -0.711. The zero-order chi connectivity index (χ0) is 25.0. The van der Waals surface area contributed by atoms with E-state index in [1.54, 1.807) is 0 Å². The van der Waals surface area contributed by atoms with Crippen molar-refractivity contribution < 1.29 is 20.1 Å². The third-order valence-corrected chi connectivity index (χ3v) is 7.29. The molecule has 0 heterocycles. The van der Waals surface area contributed by atoms with E-state index >= 15 is 0 Å². The lowest BCUT2D eigenvalue weighted by molar-refractivity contribution is -0.137. The van der Waals surface area contributed by atoms with Gasteiger partial charge in [0.25, 0.3) is 0 Å². The van der Waals surface area contributed by atoms with E-state index in [2.05, 4.69) is 19.9 Å². The molecule has 0 saturated heterocycles. The van der Waals surface area contributed by atoms with Gasteiger partial charge in [-0.2, -0.15) is 0 Å². The van der Waals surface area contributed by atoms with Gasteiger partial charge < -0.3 is 15.3 Å². The van der Waals surface area contributed by atoms with Crippen LogP contribution in [-0.4, -0.2) is 33.5 Å². The van der Waals surface area contributed by atoms with E-state index in [0.717, 1.165) is 70.6 Å². The molecule has 0 aromatic rings. The maximum Gasteiger partial charge on any atom is 0.303 e. The Bertz CT molecular complexity index is 580. The van der Waals surface area contributed by atoms with Gasteiger partial charge in [-0.15, -0.1) is 0 Å². The van der Waals surface area contributed by atoms with Crippen LogP contribution in [0.3, 0.4) is 0 Å².